The summed E-state index contributed by atoms with van der Waals surface area (Å²) in [4.78, 5) is 13.7. The standard InChI is InChI=1S/C16H26N2O3/c1-5-18(9-10-19)16(20)17-15-8-6-7-14(13(15)4)11-21-12(2)3/h6-8,12,19H,5,9-11H2,1-4H3,(H,17,20). The molecule has 0 aliphatic carbocycles. The molecule has 0 atom stereocenters. The number of carbonyl (C=O) groups excluding carboxylic acids is 1. The molecule has 0 aliphatic rings. The van der Waals surface area contributed by atoms with Crippen molar-refractivity contribution in [1.29, 1.82) is 0 Å². The average Bonchev–Trinajstić information content (AvgIpc) is 2.45. The van der Waals surface area contributed by atoms with E-state index in [1.54, 1.807) is 4.90 Å². The van der Waals surface area contributed by atoms with Crippen molar-refractivity contribution in [2.45, 2.75) is 40.4 Å². The summed E-state index contributed by atoms with van der Waals surface area (Å²) in [6.07, 6.45) is 0.169. The van der Waals surface area contributed by atoms with Crippen molar-refractivity contribution in [3.05, 3.63) is 29.3 Å². The van der Waals surface area contributed by atoms with Crippen molar-refractivity contribution in [1.82, 2.24) is 4.90 Å². The summed E-state index contributed by atoms with van der Waals surface area (Å²) in [5, 5.41) is 11.9. The number of nitrogens with zero attached hydrogens (tertiary/aromatic N) is 1. The van der Waals surface area contributed by atoms with Gasteiger partial charge >= 0.3 is 6.03 Å². The first kappa shape index (κ1) is 17.5. The Morgan fingerprint density at radius 2 is 2.14 bits per heavy atom. The van der Waals surface area contributed by atoms with E-state index in [1.807, 2.05) is 45.9 Å². The van der Waals surface area contributed by atoms with E-state index in [2.05, 4.69) is 5.32 Å². The van der Waals surface area contributed by atoms with Crippen molar-refractivity contribution >= 4 is 11.7 Å². The Hall–Kier alpha value is -1.59. The Morgan fingerprint density at radius 1 is 1.43 bits per heavy atom. The molecule has 0 radical (unpaired) electrons. The molecule has 5 nitrogen and oxygen atoms in total. The minimum absolute atomic E-state index is 0.0392. The van der Waals surface area contributed by atoms with Crippen LogP contribution in [-0.2, 0) is 11.3 Å². The molecule has 0 aliphatic heterocycles. The van der Waals surface area contributed by atoms with Gasteiger partial charge in [0.25, 0.3) is 0 Å². The van der Waals surface area contributed by atoms with E-state index in [0.29, 0.717) is 19.7 Å². The molecule has 0 saturated heterocycles. The molecule has 0 spiro atoms. The number of likely N-dealkylation sites (N-methyl/N-ethyl adjacent to an activating group) is 1. The van der Waals surface area contributed by atoms with Gasteiger partial charge in [0.1, 0.15) is 0 Å². The number of aliphatic hydroxyl groups excluding tert-OH is 1. The fourth-order valence-corrected chi connectivity index (χ4v) is 1.95. The number of hydrogen-bond acceptors (Lipinski definition) is 3. The van der Waals surface area contributed by atoms with Crippen LogP contribution in [0.5, 0.6) is 0 Å². The third kappa shape index (κ3) is 5.36. The number of nitrogens with one attached hydrogen (secondary N) is 1. The number of carbonyl (C=O) groups is 1. The second kappa shape index (κ2) is 8.64. The highest BCUT2D eigenvalue weighted by atomic mass is 16.5. The maximum atomic E-state index is 12.1. The summed E-state index contributed by atoms with van der Waals surface area (Å²) in [6.45, 7) is 9.22. The zero-order valence-electron chi connectivity index (χ0n) is 13.3. The van der Waals surface area contributed by atoms with Crippen LogP contribution in [0.2, 0.25) is 0 Å². The maximum absolute atomic E-state index is 12.1. The Balaban J connectivity index is 2.79. The van der Waals surface area contributed by atoms with E-state index in [-0.39, 0.29) is 18.7 Å². The minimum atomic E-state index is -0.198. The lowest BCUT2D eigenvalue weighted by atomic mass is 10.1. The van der Waals surface area contributed by atoms with Crippen molar-refractivity contribution < 1.29 is 14.6 Å². The molecule has 0 fully saturated rings. The van der Waals surface area contributed by atoms with Crippen molar-refractivity contribution in [3.8, 4) is 0 Å². The summed E-state index contributed by atoms with van der Waals surface area (Å²) < 4.78 is 5.62. The molecule has 2 N–H and O–H groups in total. The zero-order valence-corrected chi connectivity index (χ0v) is 13.3. The molecule has 2 amide bonds. The highest BCUT2D eigenvalue weighted by molar-refractivity contribution is 5.90. The number of ether oxygens (including phenoxy) is 1. The lowest BCUT2D eigenvalue weighted by Crippen LogP contribution is -2.37. The van der Waals surface area contributed by atoms with E-state index >= 15 is 0 Å². The first-order valence-electron chi connectivity index (χ1n) is 7.36. The molecular weight excluding hydrogens is 268 g/mol. The minimum Gasteiger partial charge on any atom is -0.395 e. The molecule has 1 rings (SSSR count). The molecule has 21 heavy (non-hydrogen) atoms. The summed E-state index contributed by atoms with van der Waals surface area (Å²) in [6, 6.07) is 5.58. The quantitative estimate of drug-likeness (QED) is 0.813. The fourth-order valence-electron chi connectivity index (χ4n) is 1.95. The molecule has 5 heteroatoms. The molecule has 0 unspecified atom stereocenters. The Bertz CT molecular complexity index is 461. The van der Waals surface area contributed by atoms with Gasteiger partial charge in [-0.15, -0.1) is 0 Å². The normalized spacial score (nSPS) is 10.8. The predicted octanol–water partition coefficient (Wildman–Crippen LogP) is 2.77. The number of hydrogen-bond donors (Lipinski definition) is 2. The first-order valence-corrected chi connectivity index (χ1v) is 7.36. The Morgan fingerprint density at radius 3 is 2.71 bits per heavy atom. The number of anilines is 1. The third-order valence-corrected chi connectivity index (χ3v) is 3.30. The van der Waals surface area contributed by atoms with Gasteiger partial charge in [0.05, 0.1) is 19.3 Å². The monoisotopic (exact) mass is 294 g/mol. The van der Waals surface area contributed by atoms with Crippen molar-refractivity contribution in [2.75, 3.05) is 25.0 Å². The molecular formula is C16H26N2O3. The highest BCUT2D eigenvalue weighted by Gasteiger charge is 2.13. The number of benzene rings is 1. The van der Waals surface area contributed by atoms with Crippen LogP contribution in [0.15, 0.2) is 18.2 Å². The van der Waals surface area contributed by atoms with Crippen LogP contribution < -0.4 is 5.32 Å². The molecule has 1 aromatic rings. The second-order valence-electron chi connectivity index (χ2n) is 5.18. The highest BCUT2D eigenvalue weighted by Crippen LogP contribution is 2.20. The lowest BCUT2D eigenvalue weighted by molar-refractivity contribution is 0.0654. The second-order valence-corrected chi connectivity index (χ2v) is 5.18. The Labute approximate surface area is 126 Å². The number of amides is 2. The Kier molecular flexibility index (Phi) is 7.19. The number of urea groups is 1. The largest absolute Gasteiger partial charge is 0.395 e. The fraction of sp³-hybridized carbons (Fsp3) is 0.562. The molecule has 0 bridgehead atoms. The van der Waals surface area contributed by atoms with Crippen molar-refractivity contribution in [3.63, 3.8) is 0 Å². The van der Waals surface area contributed by atoms with E-state index in [4.69, 9.17) is 9.84 Å². The topological polar surface area (TPSA) is 61.8 Å². The predicted molar refractivity (Wildman–Crippen MR) is 84.5 cm³/mol. The maximum Gasteiger partial charge on any atom is 0.321 e. The zero-order chi connectivity index (χ0) is 15.8. The van der Waals surface area contributed by atoms with Crippen LogP contribution in [-0.4, -0.2) is 41.8 Å². The van der Waals surface area contributed by atoms with Gasteiger partial charge in [0.2, 0.25) is 0 Å². The van der Waals surface area contributed by atoms with Gasteiger partial charge in [-0.2, -0.15) is 0 Å². The molecule has 0 saturated carbocycles. The third-order valence-electron chi connectivity index (χ3n) is 3.30. The molecule has 1 aromatic carbocycles. The van der Waals surface area contributed by atoms with Gasteiger partial charge in [-0.3, -0.25) is 0 Å². The summed E-state index contributed by atoms with van der Waals surface area (Å²) in [5.74, 6) is 0. The van der Waals surface area contributed by atoms with E-state index in [1.165, 1.54) is 0 Å². The molecule has 0 heterocycles. The van der Waals surface area contributed by atoms with Gasteiger partial charge in [-0.25, -0.2) is 4.79 Å². The van der Waals surface area contributed by atoms with Gasteiger partial charge in [-0.05, 0) is 44.9 Å². The number of aliphatic hydroxyl groups is 1. The van der Waals surface area contributed by atoms with Crippen LogP contribution in [0, 0.1) is 6.92 Å². The number of rotatable bonds is 7. The SMILES string of the molecule is CCN(CCO)C(=O)Nc1cccc(COC(C)C)c1C. The summed E-state index contributed by atoms with van der Waals surface area (Å²) in [7, 11) is 0. The van der Waals surface area contributed by atoms with Crippen LogP contribution in [0.3, 0.4) is 0 Å². The summed E-state index contributed by atoms with van der Waals surface area (Å²) >= 11 is 0. The van der Waals surface area contributed by atoms with Gasteiger partial charge in [-0.1, -0.05) is 12.1 Å². The van der Waals surface area contributed by atoms with Crippen LogP contribution >= 0.6 is 0 Å². The average molecular weight is 294 g/mol. The van der Waals surface area contributed by atoms with Crippen LogP contribution in [0.1, 0.15) is 31.9 Å². The smallest absolute Gasteiger partial charge is 0.321 e. The molecule has 0 aromatic heterocycles. The van der Waals surface area contributed by atoms with Crippen LogP contribution in [0.25, 0.3) is 0 Å². The van der Waals surface area contributed by atoms with Gasteiger partial charge in [0, 0.05) is 18.8 Å². The lowest BCUT2D eigenvalue weighted by Gasteiger charge is -2.21. The van der Waals surface area contributed by atoms with Gasteiger partial charge < -0.3 is 20.1 Å². The molecule has 118 valence electrons. The van der Waals surface area contributed by atoms with E-state index < -0.39 is 0 Å². The van der Waals surface area contributed by atoms with Crippen molar-refractivity contribution in [2.24, 2.45) is 0 Å². The van der Waals surface area contributed by atoms with E-state index in [9.17, 15) is 4.79 Å². The van der Waals surface area contributed by atoms with Gasteiger partial charge in [0.15, 0.2) is 0 Å². The summed E-state index contributed by atoms with van der Waals surface area (Å²) in [5.41, 5.74) is 2.85. The van der Waals surface area contributed by atoms with E-state index in [0.717, 1.165) is 16.8 Å². The first-order chi connectivity index (χ1) is 9.99. The van der Waals surface area contributed by atoms with Crippen LogP contribution in [0.4, 0.5) is 10.5 Å².